The molecule has 0 aliphatic carbocycles. The number of rotatable bonds is 5. The molecule has 0 saturated heterocycles. The molecule has 7 nitrogen and oxygen atoms in total. The molecule has 0 aliphatic rings. The highest BCUT2D eigenvalue weighted by molar-refractivity contribution is 5.88. The molecule has 0 radical (unpaired) electrons. The number of hydrazone groups is 1. The van der Waals surface area contributed by atoms with Crippen molar-refractivity contribution in [1.29, 1.82) is 0 Å². The highest BCUT2D eigenvalue weighted by Gasteiger charge is 2.33. The van der Waals surface area contributed by atoms with Crippen molar-refractivity contribution in [2.45, 2.75) is 26.8 Å². The number of carbonyl (C=O) groups is 2. The van der Waals surface area contributed by atoms with Gasteiger partial charge in [-0.05, 0) is 23.1 Å². The van der Waals surface area contributed by atoms with Gasteiger partial charge in [0.2, 0.25) is 0 Å². The van der Waals surface area contributed by atoms with Crippen LogP contribution >= 0.6 is 0 Å². The van der Waals surface area contributed by atoms with E-state index in [0.717, 1.165) is 16.8 Å². The monoisotopic (exact) mass is 368 g/mol. The van der Waals surface area contributed by atoms with E-state index in [1.165, 1.54) is 13.3 Å². The number of aromatic nitrogens is 1. The Morgan fingerprint density at radius 2 is 1.85 bits per heavy atom. The first kappa shape index (κ1) is 20.1. The van der Waals surface area contributed by atoms with Gasteiger partial charge in [0.05, 0.1) is 19.0 Å². The molecular formula is C20H24N4O3. The van der Waals surface area contributed by atoms with Crippen LogP contribution in [0.1, 0.15) is 26.3 Å². The number of carbonyl (C=O) groups excluding carboxylic acids is 2. The van der Waals surface area contributed by atoms with Crippen LogP contribution in [0.5, 0.6) is 0 Å². The van der Waals surface area contributed by atoms with Gasteiger partial charge in [-0.1, -0.05) is 51.1 Å². The number of hydrogen-bond acceptors (Lipinski definition) is 5. The number of methoxy groups -OCH3 is 1. The molecule has 0 saturated carbocycles. The van der Waals surface area contributed by atoms with Crippen LogP contribution in [-0.4, -0.2) is 36.4 Å². The van der Waals surface area contributed by atoms with Crippen LogP contribution in [-0.2, 0) is 9.53 Å². The van der Waals surface area contributed by atoms with Gasteiger partial charge < -0.3 is 10.1 Å². The number of pyridine rings is 1. The fourth-order valence-corrected chi connectivity index (χ4v) is 2.36. The average Bonchev–Trinajstić information content (AvgIpc) is 2.66. The van der Waals surface area contributed by atoms with Gasteiger partial charge in [-0.25, -0.2) is 10.2 Å². The minimum atomic E-state index is -0.784. The van der Waals surface area contributed by atoms with E-state index in [1.54, 1.807) is 6.20 Å². The molecule has 0 bridgehead atoms. The average molecular weight is 368 g/mol. The Bertz CT molecular complexity index is 796. The summed E-state index contributed by atoms with van der Waals surface area (Å²) in [4.78, 5) is 28.1. The Morgan fingerprint density at radius 3 is 2.41 bits per heavy atom. The van der Waals surface area contributed by atoms with E-state index >= 15 is 0 Å². The van der Waals surface area contributed by atoms with Crippen molar-refractivity contribution < 1.29 is 14.3 Å². The topological polar surface area (TPSA) is 92.7 Å². The molecule has 1 aromatic heterocycles. The predicted octanol–water partition coefficient (Wildman–Crippen LogP) is 2.97. The molecule has 1 atom stereocenters. The smallest absolute Gasteiger partial charge is 0.407 e. The van der Waals surface area contributed by atoms with Gasteiger partial charge in [-0.3, -0.25) is 9.78 Å². The maximum atomic E-state index is 12.4. The third-order valence-corrected chi connectivity index (χ3v) is 3.84. The van der Waals surface area contributed by atoms with E-state index in [1.807, 2.05) is 63.2 Å². The Morgan fingerprint density at radius 1 is 1.15 bits per heavy atom. The highest BCUT2D eigenvalue weighted by atomic mass is 16.5. The highest BCUT2D eigenvalue weighted by Crippen LogP contribution is 2.19. The zero-order valence-electron chi connectivity index (χ0n) is 15.9. The van der Waals surface area contributed by atoms with E-state index in [2.05, 4.69) is 25.6 Å². The summed E-state index contributed by atoms with van der Waals surface area (Å²) in [6, 6.07) is 12.6. The molecule has 0 fully saturated rings. The number of ether oxygens (including phenoxy) is 1. The normalized spacial score (nSPS) is 12.4. The lowest BCUT2D eigenvalue weighted by Crippen LogP contribution is -2.52. The van der Waals surface area contributed by atoms with Crippen LogP contribution in [0.2, 0.25) is 0 Å². The third-order valence-electron chi connectivity index (χ3n) is 3.84. The number of benzene rings is 1. The van der Waals surface area contributed by atoms with Gasteiger partial charge in [-0.15, -0.1) is 0 Å². The molecular weight excluding hydrogens is 344 g/mol. The number of nitrogens with one attached hydrogen (secondary N) is 2. The summed E-state index contributed by atoms with van der Waals surface area (Å²) in [6.45, 7) is 5.52. The minimum Gasteiger partial charge on any atom is -0.453 e. The number of hydrogen-bond donors (Lipinski definition) is 2. The fraction of sp³-hybridized carbons (Fsp3) is 0.300. The summed E-state index contributed by atoms with van der Waals surface area (Å²) in [7, 11) is 1.25. The number of amides is 2. The Labute approximate surface area is 158 Å². The second-order valence-corrected chi connectivity index (χ2v) is 7.01. The largest absolute Gasteiger partial charge is 0.453 e. The van der Waals surface area contributed by atoms with E-state index in [-0.39, 0.29) is 0 Å². The standard InChI is InChI=1S/C20H24N4O3/c1-20(2,3)17(23-19(26)27-4)18(25)24-22-13-14-8-10-15(11-9-14)16-7-5-6-12-21-16/h5-13,17H,1-4H3,(H,23,26)(H,24,25). The van der Waals surface area contributed by atoms with E-state index < -0.39 is 23.5 Å². The molecule has 1 unspecified atom stereocenters. The second kappa shape index (κ2) is 8.93. The maximum absolute atomic E-state index is 12.4. The lowest BCUT2D eigenvalue weighted by molar-refractivity contribution is -0.125. The SMILES string of the molecule is COC(=O)NC(C(=O)NN=Cc1ccc(-c2ccccn2)cc1)C(C)(C)C. The lowest BCUT2D eigenvalue weighted by atomic mass is 9.86. The molecule has 27 heavy (non-hydrogen) atoms. The Kier molecular flexibility index (Phi) is 6.65. The Hall–Kier alpha value is -3.22. The van der Waals surface area contributed by atoms with Gasteiger partial charge >= 0.3 is 6.09 Å². The Balaban J connectivity index is 2.00. The molecule has 2 N–H and O–H groups in total. The van der Waals surface area contributed by atoms with Crippen LogP contribution in [0.25, 0.3) is 11.3 Å². The van der Waals surface area contributed by atoms with Gasteiger partial charge in [0.15, 0.2) is 0 Å². The molecule has 1 heterocycles. The zero-order chi connectivity index (χ0) is 19.9. The van der Waals surface area contributed by atoms with Gasteiger partial charge in [-0.2, -0.15) is 5.10 Å². The molecule has 1 aromatic carbocycles. The maximum Gasteiger partial charge on any atom is 0.407 e. The van der Waals surface area contributed by atoms with E-state index in [4.69, 9.17) is 0 Å². The van der Waals surface area contributed by atoms with Crippen LogP contribution in [0, 0.1) is 5.41 Å². The summed E-state index contributed by atoms with van der Waals surface area (Å²) in [5.74, 6) is -0.422. The van der Waals surface area contributed by atoms with E-state index in [9.17, 15) is 9.59 Å². The van der Waals surface area contributed by atoms with Crippen LogP contribution in [0.3, 0.4) is 0 Å². The first-order valence-corrected chi connectivity index (χ1v) is 8.50. The van der Waals surface area contributed by atoms with Crippen molar-refractivity contribution >= 4 is 18.2 Å². The van der Waals surface area contributed by atoms with Crippen molar-refractivity contribution in [3.8, 4) is 11.3 Å². The second-order valence-electron chi connectivity index (χ2n) is 7.01. The zero-order valence-corrected chi connectivity index (χ0v) is 15.9. The van der Waals surface area contributed by atoms with E-state index in [0.29, 0.717) is 0 Å². The molecule has 0 aliphatic heterocycles. The van der Waals surface area contributed by atoms with Crippen LogP contribution in [0.4, 0.5) is 4.79 Å². The minimum absolute atomic E-state index is 0.422. The first-order valence-electron chi connectivity index (χ1n) is 8.50. The molecule has 0 spiro atoms. The fourth-order valence-electron chi connectivity index (χ4n) is 2.36. The van der Waals surface area contributed by atoms with Crippen molar-refractivity contribution in [3.63, 3.8) is 0 Å². The van der Waals surface area contributed by atoms with Crippen molar-refractivity contribution in [3.05, 3.63) is 54.2 Å². The summed E-state index contributed by atoms with van der Waals surface area (Å²) in [5, 5.41) is 6.51. The third kappa shape index (κ3) is 5.91. The molecule has 2 rings (SSSR count). The summed E-state index contributed by atoms with van der Waals surface area (Å²) < 4.78 is 4.57. The first-order chi connectivity index (χ1) is 12.8. The lowest BCUT2D eigenvalue weighted by Gasteiger charge is -2.28. The molecule has 2 aromatic rings. The quantitative estimate of drug-likeness (QED) is 0.627. The number of alkyl carbamates (subject to hydrolysis) is 1. The molecule has 7 heteroatoms. The van der Waals surface area contributed by atoms with Gasteiger partial charge in [0.1, 0.15) is 6.04 Å². The van der Waals surface area contributed by atoms with Crippen molar-refractivity contribution in [2.75, 3.05) is 7.11 Å². The predicted molar refractivity (Wildman–Crippen MR) is 104 cm³/mol. The summed E-state index contributed by atoms with van der Waals surface area (Å²) in [5.41, 5.74) is 4.66. The molecule has 2 amide bonds. The van der Waals surface area contributed by atoms with Crippen LogP contribution in [0.15, 0.2) is 53.8 Å². The van der Waals surface area contributed by atoms with Crippen molar-refractivity contribution in [1.82, 2.24) is 15.7 Å². The van der Waals surface area contributed by atoms with Gasteiger partial charge in [0.25, 0.3) is 5.91 Å². The van der Waals surface area contributed by atoms with Crippen LogP contribution < -0.4 is 10.7 Å². The van der Waals surface area contributed by atoms with Crippen molar-refractivity contribution in [2.24, 2.45) is 10.5 Å². The van der Waals surface area contributed by atoms with Gasteiger partial charge in [0, 0.05) is 11.8 Å². The number of nitrogens with zero attached hydrogens (tertiary/aromatic N) is 2. The summed E-state index contributed by atoms with van der Waals surface area (Å²) >= 11 is 0. The molecule has 142 valence electrons. The summed E-state index contributed by atoms with van der Waals surface area (Å²) in [6.07, 6.45) is 2.62.